The first-order valence-corrected chi connectivity index (χ1v) is 10.4. The van der Waals surface area contributed by atoms with E-state index in [1.807, 2.05) is 30.3 Å². The number of rotatable bonds is 5. The normalized spacial score (nSPS) is 16.2. The minimum absolute atomic E-state index is 0.0155. The van der Waals surface area contributed by atoms with Crippen LogP contribution in [0.25, 0.3) is 0 Å². The molecule has 0 aliphatic carbocycles. The molecule has 0 aromatic heterocycles. The predicted molar refractivity (Wildman–Crippen MR) is 101 cm³/mol. The summed E-state index contributed by atoms with van der Waals surface area (Å²) in [7, 11) is -2.12. The predicted octanol–water partition coefficient (Wildman–Crippen LogP) is 2.89. The van der Waals surface area contributed by atoms with E-state index in [2.05, 4.69) is 0 Å². The second-order valence-corrected chi connectivity index (χ2v) is 8.70. The van der Waals surface area contributed by atoms with Gasteiger partial charge in [0.1, 0.15) is 10.7 Å². The first-order valence-electron chi connectivity index (χ1n) is 8.93. The van der Waals surface area contributed by atoms with Gasteiger partial charge in [0.05, 0.1) is 0 Å². The second kappa shape index (κ2) is 8.19. The van der Waals surface area contributed by atoms with Gasteiger partial charge in [-0.1, -0.05) is 42.5 Å². The lowest BCUT2D eigenvalue weighted by Crippen LogP contribution is -2.43. The van der Waals surface area contributed by atoms with Gasteiger partial charge in [-0.3, -0.25) is 4.79 Å². The summed E-state index contributed by atoms with van der Waals surface area (Å²) >= 11 is 0. The van der Waals surface area contributed by atoms with E-state index >= 15 is 0 Å². The van der Waals surface area contributed by atoms with Crippen LogP contribution in [0.15, 0.2) is 59.5 Å². The highest BCUT2D eigenvalue weighted by molar-refractivity contribution is 7.89. The van der Waals surface area contributed by atoms with Crippen molar-refractivity contribution in [3.63, 3.8) is 0 Å². The minimum Gasteiger partial charge on any atom is -0.341 e. The number of halogens is 1. The molecule has 2 aromatic rings. The molecular weight excluding hydrogens is 367 g/mol. The zero-order valence-corrected chi connectivity index (χ0v) is 16.0. The average molecular weight is 390 g/mol. The minimum atomic E-state index is -3.88. The number of sulfonamides is 1. The lowest BCUT2D eigenvalue weighted by molar-refractivity contribution is -0.135. The molecule has 0 bridgehead atoms. The van der Waals surface area contributed by atoms with Crippen LogP contribution in [0.4, 0.5) is 4.39 Å². The summed E-state index contributed by atoms with van der Waals surface area (Å²) in [6.07, 6.45) is 0.872. The van der Waals surface area contributed by atoms with Crippen LogP contribution in [0, 0.1) is 11.7 Å². The highest BCUT2D eigenvalue weighted by Gasteiger charge is 2.34. The van der Waals surface area contributed by atoms with Crippen LogP contribution in [0.2, 0.25) is 0 Å². The van der Waals surface area contributed by atoms with E-state index < -0.39 is 15.8 Å². The first-order chi connectivity index (χ1) is 12.9. The van der Waals surface area contributed by atoms with E-state index in [9.17, 15) is 17.6 Å². The van der Waals surface area contributed by atoms with Gasteiger partial charge in [-0.05, 0) is 30.5 Å². The van der Waals surface area contributed by atoms with Crippen LogP contribution in [-0.2, 0) is 21.4 Å². The molecular formula is C20H23FN2O3S. The van der Waals surface area contributed by atoms with Crippen LogP contribution in [-0.4, -0.2) is 43.7 Å². The number of hydrogen-bond donors (Lipinski definition) is 0. The van der Waals surface area contributed by atoms with Crippen molar-refractivity contribution in [1.29, 1.82) is 0 Å². The first kappa shape index (κ1) is 19.5. The van der Waals surface area contributed by atoms with E-state index in [1.165, 1.54) is 22.5 Å². The fourth-order valence-electron chi connectivity index (χ4n) is 3.38. The van der Waals surface area contributed by atoms with Crippen molar-refractivity contribution in [2.24, 2.45) is 5.92 Å². The van der Waals surface area contributed by atoms with Gasteiger partial charge in [0.2, 0.25) is 15.9 Å². The monoisotopic (exact) mass is 390 g/mol. The molecule has 0 atom stereocenters. The maximum Gasteiger partial charge on any atom is 0.245 e. The Morgan fingerprint density at radius 2 is 1.67 bits per heavy atom. The molecule has 1 heterocycles. The van der Waals surface area contributed by atoms with E-state index in [0.717, 1.165) is 11.6 Å². The van der Waals surface area contributed by atoms with E-state index in [4.69, 9.17) is 0 Å². The standard InChI is InChI=1S/C20H23FN2O3S/c1-22(15-16-7-3-2-4-8-16)20(24)17-11-13-23(14-12-17)27(25,26)19-10-6-5-9-18(19)21/h2-10,17H,11-15H2,1H3. The maximum atomic E-state index is 13.9. The zero-order chi connectivity index (χ0) is 19.4. The largest absolute Gasteiger partial charge is 0.341 e. The van der Waals surface area contributed by atoms with Crippen LogP contribution < -0.4 is 0 Å². The quantitative estimate of drug-likeness (QED) is 0.789. The average Bonchev–Trinajstić information content (AvgIpc) is 2.68. The van der Waals surface area contributed by atoms with Crippen molar-refractivity contribution < 1.29 is 17.6 Å². The Labute approximate surface area is 159 Å². The zero-order valence-electron chi connectivity index (χ0n) is 15.2. The Morgan fingerprint density at radius 3 is 2.30 bits per heavy atom. The highest BCUT2D eigenvalue weighted by atomic mass is 32.2. The molecule has 2 aromatic carbocycles. The molecule has 0 N–H and O–H groups in total. The van der Waals surface area contributed by atoms with Crippen LogP contribution in [0.3, 0.4) is 0 Å². The van der Waals surface area contributed by atoms with Crippen LogP contribution in [0.1, 0.15) is 18.4 Å². The number of benzene rings is 2. The second-order valence-electron chi connectivity index (χ2n) is 6.79. The fraction of sp³-hybridized carbons (Fsp3) is 0.350. The van der Waals surface area contributed by atoms with E-state index in [-0.39, 0.29) is 29.8 Å². The van der Waals surface area contributed by atoms with Crippen molar-refractivity contribution in [3.8, 4) is 0 Å². The number of amides is 1. The van der Waals surface area contributed by atoms with Gasteiger partial charge in [-0.25, -0.2) is 12.8 Å². The fourth-order valence-corrected chi connectivity index (χ4v) is 4.92. The number of carbonyl (C=O) groups is 1. The van der Waals surface area contributed by atoms with Crippen molar-refractivity contribution >= 4 is 15.9 Å². The molecule has 0 spiro atoms. The molecule has 1 fully saturated rings. The lowest BCUT2D eigenvalue weighted by Gasteiger charge is -2.32. The van der Waals surface area contributed by atoms with Gasteiger partial charge >= 0.3 is 0 Å². The summed E-state index contributed by atoms with van der Waals surface area (Å²) in [4.78, 5) is 14.1. The Morgan fingerprint density at radius 1 is 1.07 bits per heavy atom. The van der Waals surface area contributed by atoms with Crippen LogP contribution in [0.5, 0.6) is 0 Å². The summed E-state index contributed by atoms with van der Waals surface area (Å²) in [6, 6.07) is 15.1. The van der Waals surface area contributed by atoms with E-state index in [0.29, 0.717) is 19.4 Å². The highest BCUT2D eigenvalue weighted by Crippen LogP contribution is 2.26. The van der Waals surface area contributed by atoms with Gasteiger partial charge in [0, 0.05) is 32.6 Å². The van der Waals surface area contributed by atoms with E-state index in [1.54, 1.807) is 11.9 Å². The molecule has 7 heteroatoms. The third-order valence-electron chi connectivity index (χ3n) is 4.90. The lowest BCUT2D eigenvalue weighted by atomic mass is 9.96. The molecule has 1 amide bonds. The van der Waals surface area contributed by atoms with Crippen LogP contribution >= 0.6 is 0 Å². The molecule has 3 rings (SSSR count). The number of nitrogens with zero attached hydrogens (tertiary/aromatic N) is 2. The molecule has 0 saturated carbocycles. The third kappa shape index (κ3) is 4.36. The Bertz CT molecular complexity index is 894. The summed E-state index contributed by atoms with van der Waals surface area (Å²) in [6.45, 7) is 0.950. The van der Waals surface area contributed by atoms with Crippen molar-refractivity contribution in [2.75, 3.05) is 20.1 Å². The maximum absolute atomic E-state index is 13.9. The Balaban J connectivity index is 1.61. The summed E-state index contributed by atoms with van der Waals surface area (Å²) in [5.41, 5.74) is 1.05. The smallest absolute Gasteiger partial charge is 0.245 e. The summed E-state index contributed by atoms with van der Waals surface area (Å²) in [5.74, 6) is -0.953. The molecule has 1 aliphatic rings. The van der Waals surface area contributed by atoms with Crippen molar-refractivity contribution in [2.45, 2.75) is 24.3 Å². The van der Waals surface area contributed by atoms with Gasteiger partial charge in [0.25, 0.3) is 0 Å². The molecule has 1 saturated heterocycles. The Kier molecular flexibility index (Phi) is 5.92. The SMILES string of the molecule is CN(Cc1ccccc1)C(=O)C1CCN(S(=O)(=O)c2ccccc2F)CC1. The van der Waals surface area contributed by atoms with Gasteiger partial charge in [-0.15, -0.1) is 0 Å². The summed E-state index contributed by atoms with van der Waals surface area (Å²) < 4.78 is 40.5. The number of piperidine rings is 1. The molecule has 5 nitrogen and oxygen atoms in total. The molecule has 0 unspecified atom stereocenters. The Hall–Kier alpha value is -2.25. The van der Waals surface area contributed by atoms with Gasteiger partial charge in [-0.2, -0.15) is 4.31 Å². The molecule has 0 radical (unpaired) electrons. The van der Waals surface area contributed by atoms with Crippen molar-refractivity contribution in [3.05, 3.63) is 66.0 Å². The molecule has 27 heavy (non-hydrogen) atoms. The van der Waals surface area contributed by atoms with Gasteiger partial charge in [0.15, 0.2) is 0 Å². The molecule has 144 valence electrons. The van der Waals surface area contributed by atoms with Crippen molar-refractivity contribution in [1.82, 2.24) is 9.21 Å². The topological polar surface area (TPSA) is 57.7 Å². The molecule has 1 aliphatic heterocycles. The number of hydrogen-bond acceptors (Lipinski definition) is 3. The third-order valence-corrected chi connectivity index (χ3v) is 6.83. The summed E-state index contributed by atoms with van der Waals surface area (Å²) in [5, 5.41) is 0. The van der Waals surface area contributed by atoms with Gasteiger partial charge < -0.3 is 4.90 Å². The number of carbonyl (C=O) groups excluding carboxylic acids is 1.